The molecule has 146 valence electrons. The minimum absolute atomic E-state index is 0.0783. The number of nitrogens with zero attached hydrogens (tertiary/aromatic N) is 1. The molecule has 0 N–H and O–H groups in total. The molecule has 0 aliphatic carbocycles. The number of ether oxygens (including phenoxy) is 1. The molecular formula is C19H15ClFNO5S. The minimum Gasteiger partial charge on any atom is -0.452 e. The Bertz CT molecular complexity index is 1040. The van der Waals surface area contributed by atoms with Crippen molar-refractivity contribution in [2.45, 2.75) is 6.04 Å². The number of halogens is 2. The molecule has 2 aromatic rings. The maximum Gasteiger partial charge on any atom is 0.340 e. The minimum atomic E-state index is -3.40. The van der Waals surface area contributed by atoms with Gasteiger partial charge in [0.25, 0.3) is 5.91 Å². The van der Waals surface area contributed by atoms with Gasteiger partial charge in [0, 0.05) is 11.1 Å². The van der Waals surface area contributed by atoms with Crippen molar-refractivity contribution in [3.8, 4) is 0 Å². The molecule has 0 bridgehead atoms. The summed E-state index contributed by atoms with van der Waals surface area (Å²) in [4.78, 5) is 26.2. The van der Waals surface area contributed by atoms with Crippen LogP contribution in [0.5, 0.6) is 0 Å². The number of benzene rings is 2. The first-order chi connectivity index (χ1) is 13.3. The molecule has 1 amide bonds. The number of carbonyl (C=O) groups excluding carboxylic acids is 2. The predicted molar refractivity (Wildman–Crippen MR) is 102 cm³/mol. The van der Waals surface area contributed by atoms with Crippen LogP contribution in [0.15, 0.2) is 60.0 Å². The molecule has 9 heteroatoms. The maximum atomic E-state index is 13.1. The fourth-order valence-corrected chi connectivity index (χ4v) is 4.27. The number of amides is 1. The first kappa shape index (κ1) is 20.0. The second kappa shape index (κ2) is 8.12. The van der Waals surface area contributed by atoms with Gasteiger partial charge in [-0.15, -0.1) is 0 Å². The molecule has 0 radical (unpaired) electrons. The van der Waals surface area contributed by atoms with Crippen molar-refractivity contribution < 1.29 is 27.1 Å². The quantitative estimate of drug-likeness (QED) is 0.690. The van der Waals surface area contributed by atoms with Crippen molar-refractivity contribution in [3.63, 3.8) is 0 Å². The first-order valence-corrected chi connectivity index (χ1v) is 10.3. The lowest BCUT2D eigenvalue weighted by atomic mass is 10.2. The van der Waals surface area contributed by atoms with Crippen LogP contribution in [-0.2, 0) is 19.4 Å². The van der Waals surface area contributed by atoms with E-state index < -0.39 is 40.2 Å². The largest absolute Gasteiger partial charge is 0.452 e. The zero-order valence-electron chi connectivity index (χ0n) is 14.4. The van der Waals surface area contributed by atoms with E-state index in [9.17, 15) is 22.4 Å². The van der Waals surface area contributed by atoms with Crippen molar-refractivity contribution in [2.24, 2.45) is 0 Å². The molecule has 1 atom stereocenters. The third-order valence-electron chi connectivity index (χ3n) is 4.02. The third kappa shape index (κ3) is 4.58. The van der Waals surface area contributed by atoms with Crippen LogP contribution in [-0.4, -0.2) is 38.7 Å². The van der Waals surface area contributed by atoms with Gasteiger partial charge in [0.1, 0.15) is 5.82 Å². The lowest BCUT2D eigenvalue weighted by Gasteiger charge is -2.27. The lowest BCUT2D eigenvalue weighted by molar-refractivity contribution is -0.121. The van der Waals surface area contributed by atoms with Gasteiger partial charge >= 0.3 is 5.97 Å². The summed E-state index contributed by atoms with van der Waals surface area (Å²) in [6.45, 7) is -0.633. The Morgan fingerprint density at radius 3 is 2.50 bits per heavy atom. The van der Waals surface area contributed by atoms with Crippen molar-refractivity contribution in [1.82, 2.24) is 0 Å². The molecule has 1 aliphatic rings. The summed E-state index contributed by atoms with van der Waals surface area (Å²) >= 11 is 5.82. The number of carbonyl (C=O) groups is 2. The molecule has 1 unspecified atom stereocenters. The average Bonchev–Trinajstić information content (AvgIpc) is 3.00. The highest BCUT2D eigenvalue weighted by Gasteiger charge is 2.32. The van der Waals surface area contributed by atoms with E-state index in [-0.39, 0.29) is 16.3 Å². The Morgan fingerprint density at radius 2 is 1.89 bits per heavy atom. The molecule has 2 aromatic carbocycles. The summed E-state index contributed by atoms with van der Waals surface area (Å²) in [5, 5.41) is 0.924. The van der Waals surface area contributed by atoms with Gasteiger partial charge in [-0.05, 0) is 36.4 Å². The summed E-state index contributed by atoms with van der Waals surface area (Å²) in [6, 6.07) is 10.9. The van der Waals surface area contributed by atoms with Gasteiger partial charge in [0.15, 0.2) is 16.4 Å². The first-order valence-electron chi connectivity index (χ1n) is 8.17. The fourth-order valence-electron chi connectivity index (χ4n) is 2.76. The van der Waals surface area contributed by atoms with E-state index in [4.69, 9.17) is 16.3 Å². The second-order valence-electron chi connectivity index (χ2n) is 6.02. The molecule has 3 rings (SSSR count). The van der Waals surface area contributed by atoms with Gasteiger partial charge in [-0.3, -0.25) is 4.79 Å². The number of para-hydroxylation sites is 1. The SMILES string of the molecule is O=C(OCC(=O)N(c1ccccc1)C1C=CS(=O)(=O)C1)c1ccc(F)cc1Cl. The number of sulfone groups is 1. The molecule has 0 saturated carbocycles. The van der Waals surface area contributed by atoms with Gasteiger partial charge in [0.05, 0.1) is 22.4 Å². The van der Waals surface area contributed by atoms with Crippen LogP contribution in [0.3, 0.4) is 0 Å². The van der Waals surface area contributed by atoms with E-state index in [1.807, 2.05) is 0 Å². The molecular weight excluding hydrogens is 409 g/mol. The van der Waals surface area contributed by atoms with Crippen molar-refractivity contribution in [2.75, 3.05) is 17.3 Å². The smallest absolute Gasteiger partial charge is 0.340 e. The van der Waals surface area contributed by atoms with Crippen molar-refractivity contribution in [3.05, 3.63) is 76.4 Å². The van der Waals surface area contributed by atoms with Crippen molar-refractivity contribution >= 4 is 39.0 Å². The van der Waals surface area contributed by atoms with E-state index in [0.717, 1.165) is 23.6 Å². The Kier molecular flexibility index (Phi) is 5.81. The number of hydrogen-bond acceptors (Lipinski definition) is 5. The zero-order valence-corrected chi connectivity index (χ0v) is 16.0. The van der Waals surface area contributed by atoms with Gasteiger partial charge < -0.3 is 9.64 Å². The van der Waals surface area contributed by atoms with Gasteiger partial charge in [-0.2, -0.15) is 0 Å². The number of esters is 1. The second-order valence-corrected chi connectivity index (χ2v) is 8.36. The van der Waals surface area contributed by atoms with E-state index in [2.05, 4.69) is 0 Å². The number of anilines is 1. The van der Waals surface area contributed by atoms with Gasteiger partial charge in [-0.1, -0.05) is 29.8 Å². The highest BCUT2D eigenvalue weighted by atomic mass is 35.5. The van der Waals surface area contributed by atoms with Crippen LogP contribution in [0, 0.1) is 5.82 Å². The Labute approximate surface area is 166 Å². The van der Waals surface area contributed by atoms with E-state index in [1.54, 1.807) is 30.3 Å². The fraction of sp³-hybridized carbons (Fsp3) is 0.158. The van der Waals surface area contributed by atoms with E-state index in [1.165, 1.54) is 11.0 Å². The lowest BCUT2D eigenvalue weighted by Crippen LogP contribution is -2.43. The van der Waals surface area contributed by atoms with Gasteiger partial charge in [0.2, 0.25) is 0 Å². The van der Waals surface area contributed by atoms with Crippen LogP contribution >= 0.6 is 11.6 Å². The molecule has 0 aromatic heterocycles. The monoisotopic (exact) mass is 423 g/mol. The number of rotatable bonds is 5. The molecule has 0 fully saturated rings. The molecule has 0 saturated heterocycles. The van der Waals surface area contributed by atoms with Crippen LogP contribution in [0.1, 0.15) is 10.4 Å². The van der Waals surface area contributed by atoms with Crippen LogP contribution < -0.4 is 4.90 Å². The molecule has 6 nitrogen and oxygen atoms in total. The van der Waals surface area contributed by atoms with Crippen LogP contribution in [0.25, 0.3) is 0 Å². The summed E-state index contributed by atoms with van der Waals surface area (Å²) < 4.78 is 41.6. The van der Waals surface area contributed by atoms with Gasteiger partial charge in [-0.25, -0.2) is 17.6 Å². The molecule has 0 spiro atoms. The summed E-state index contributed by atoms with van der Waals surface area (Å²) in [6.07, 6.45) is 1.42. The normalized spacial score (nSPS) is 17.3. The standard InChI is InChI=1S/C19H15ClFNO5S/c20-17-10-13(21)6-7-16(17)19(24)27-11-18(23)22(14-4-2-1-3-5-14)15-8-9-28(25,26)12-15/h1-10,15H,11-12H2. The Hall–Kier alpha value is -2.71. The maximum absolute atomic E-state index is 13.1. The van der Waals surface area contributed by atoms with Crippen LogP contribution in [0.2, 0.25) is 5.02 Å². The summed E-state index contributed by atoms with van der Waals surface area (Å²) in [5.74, 6) is -2.36. The zero-order chi connectivity index (χ0) is 20.3. The van der Waals surface area contributed by atoms with E-state index in [0.29, 0.717) is 5.69 Å². The summed E-state index contributed by atoms with van der Waals surface area (Å²) in [7, 11) is -3.40. The Balaban J connectivity index is 1.76. The average molecular weight is 424 g/mol. The topological polar surface area (TPSA) is 80.8 Å². The van der Waals surface area contributed by atoms with E-state index >= 15 is 0 Å². The third-order valence-corrected chi connectivity index (χ3v) is 5.71. The molecule has 1 aliphatic heterocycles. The molecule has 1 heterocycles. The summed E-state index contributed by atoms with van der Waals surface area (Å²) in [5.41, 5.74) is 0.389. The number of hydrogen-bond donors (Lipinski definition) is 0. The highest BCUT2D eigenvalue weighted by molar-refractivity contribution is 7.94. The predicted octanol–water partition coefficient (Wildman–Crippen LogP) is 2.98. The molecule has 28 heavy (non-hydrogen) atoms. The Morgan fingerprint density at radius 1 is 1.18 bits per heavy atom. The van der Waals surface area contributed by atoms with Crippen LogP contribution in [0.4, 0.5) is 10.1 Å². The highest BCUT2D eigenvalue weighted by Crippen LogP contribution is 2.23. The van der Waals surface area contributed by atoms with Crippen molar-refractivity contribution in [1.29, 1.82) is 0 Å².